The first-order chi connectivity index (χ1) is 16.2. The number of hydrogen-bond donors (Lipinski definition) is 0. The summed E-state index contributed by atoms with van der Waals surface area (Å²) < 4.78 is 9.65. The molecule has 174 valence electrons. The van der Waals surface area contributed by atoms with Crippen LogP contribution in [0.2, 0.25) is 5.02 Å². The third kappa shape index (κ3) is 4.04. The van der Waals surface area contributed by atoms with Gasteiger partial charge < -0.3 is 9.32 Å². The second kappa shape index (κ2) is 9.12. The Kier molecular flexibility index (Phi) is 6.02. The molecular formula is C27H27ClN4O2. The molecule has 7 heteroatoms. The van der Waals surface area contributed by atoms with E-state index < -0.39 is 0 Å². The fourth-order valence-electron chi connectivity index (χ4n) is 4.64. The monoisotopic (exact) mass is 474 g/mol. The quantitative estimate of drug-likeness (QED) is 0.314. The first-order valence-corrected chi connectivity index (χ1v) is 11.6. The highest BCUT2D eigenvalue weighted by molar-refractivity contribution is 6.30. The van der Waals surface area contributed by atoms with E-state index in [9.17, 15) is 4.79 Å². The Balaban J connectivity index is 0.00000241. The zero-order valence-corrected chi connectivity index (χ0v) is 18.8. The molecule has 34 heavy (non-hydrogen) atoms. The van der Waals surface area contributed by atoms with Gasteiger partial charge >= 0.3 is 0 Å². The first-order valence-electron chi connectivity index (χ1n) is 11.3. The van der Waals surface area contributed by atoms with Gasteiger partial charge in [0.25, 0.3) is 5.56 Å². The molecular weight excluding hydrogens is 448 g/mol. The van der Waals surface area contributed by atoms with Gasteiger partial charge in [-0.1, -0.05) is 19.0 Å². The van der Waals surface area contributed by atoms with Crippen molar-refractivity contribution in [3.05, 3.63) is 82.4 Å². The van der Waals surface area contributed by atoms with Crippen LogP contribution in [0.15, 0.2) is 76.2 Å². The summed E-state index contributed by atoms with van der Waals surface area (Å²) in [6.45, 7) is 4.26. The zero-order valence-electron chi connectivity index (χ0n) is 18.1. The van der Waals surface area contributed by atoms with E-state index in [0.717, 1.165) is 35.2 Å². The van der Waals surface area contributed by atoms with Crippen molar-refractivity contribution in [3.63, 3.8) is 0 Å². The first kappa shape index (κ1) is 22.4. The minimum absolute atomic E-state index is 0. The second-order valence-electron chi connectivity index (χ2n) is 8.55. The summed E-state index contributed by atoms with van der Waals surface area (Å²) in [5.41, 5.74) is 3.22. The van der Waals surface area contributed by atoms with Crippen LogP contribution >= 0.6 is 11.6 Å². The number of rotatable bonds is 5. The molecule has 2 aromatic carbocycles. The highest BCUT2D eigenvalue weighted by Gasteiger charge is 2.14. The molecule has 0 unspecified atom stereocenters. The molecule has 5 aromatic rings. The topological polar surface area (TPSA) is 56.2 Å². The van der Waals surface area contributed by atoms with Gasteiger partial charge in [0.2, 0.25) is 0 Å². The van der Waals surface area contributed by atoms with Crippen LogP contribution in [0.4, 0.5) is 0 Å². The lowest BCUT2D eigenvalue weighted by atomic mass is 10.1. The minimum atomic E-state index is -0.114. The maximum Gasteiger partial charge on any atom is 0.266 e. The molecule has 4 heterocycles. The van der Waals surface area contributed by atoms with Crippen LogP contribution in [0.5, 0.6) is 0 Å². The molecule has 1 saturated heterocycles. The van der Waals surface area contributed by atoms with E-state index in [1.165, 1.54) is 25.9 Å². The minimum Gasteiger partial charge on any atom is -0.456 e. The Bertz CT molecular complexity index is 1510. The Labute approximate surface area is 203 Å². The van der Waals surface area contributed by atoms with Crippen molar-refractivity contribution in [2.75, 3.05) is 19.6 Å². The van der Waals surface area contributed by atoms with Gasteiger partial charge in [0.15, 0.2) is 0 Å². The van der Waals surface area contributed by atoms with Crippen molar-refractivity contribution < 1.29 is 4.42 Å². The van der Waals surface area contributed by atoms with Crippen LogP contribution in [0.1, 0.15) is 20.3 Å². The maximum absolute atomic E-state index is 13.3. The summed E-state index contributed by atoms with van der Waals surface area (Å²) in [5, 5.41) is 6.81. The number of halogens is 1. The molecule has 0 amide bonds. The van der Waals surface area contributed by atoms with Crippen molar-refractivity contribution >= 4 is 33.5 Å². The highest BCUT2D eigenvalue weighted by atomic mass is 35.5. The predicted octanol–water partition coefficient (Wildman–Crippen LogP) is 5.99. The number of furan rings is 1. The van der Waals surface area contributed by atoms with Crippen LogP contribution in [-0.4, -0.2) is 38.9 Å². The molecule has 1 aliphatic heterocycles. The molecule has 0 atom stereocenters. The third-order valence-electron chi connectivity index (χ3n) is 6.44. The molecule has 0 N–H and O–H groups in total. The summed E-state index contributed by atoms with van der Waals surface area (Å²) >= 11 is 5.99. The van der Waals surface area contributed by atoms with E-state index in [0.29, 0.717) is 21.8 Å². The van der Waals surface area contributed by atoms with Gasteiger partial charge in [-0.3, -0.25) is 14.0 Å². The number of aromatic nitrogens is 3. The molecule has 0 saturated carbocycles. The molecule has 3 aromatic heterocycles. The average Bonchev–Trinajstić information content (AvgIpc) is 3.58. The van der Waals surface area contributed by atoms with Crippen molar-refractivity contribution in [1.82, 2.24) is 19.2 Å². The Morgan fingerprint density at radius 2 is 1.76 bits per heavy atom. The molecule has 1 aliphatic rings. The Hall–Kier alpha value is -3.35. The van der Waals surface area contributed by atoms with Gasteiger partial charge in [-0.25, -0.2) is 0 Å². The van der Waals surface area contributed by atoms with E-state index in [1.807, 2.05) is 54.7 Å². The number of pyridine rings is 1. The van der Waals surface area contributed by atoms with Crippen LogP contribution < -0.4 is 5.56 Å². The number of fused-ring (bicyclic) bond motifs is 2. The summed E-state index contributed by atoms with van der Waals surface area (Å²) in [4.78, 5) is 15.8. The van der Waals surface area contributed by atoms with Gasteiger partial charge in [0.1, 0.15) is 11.3 Å². The number of nitrogens with zero attached hydrogens (tertiary/aromatic N) is 4. The number of likely N-dealkylation sites (tertiary alicyclic amines) is 1. The van der Waals surface area contributed by atoms with Gasteiger partial charge in [-0.05, 0) is 80.5 Å². The predicted molar refractivity (Wildman–Crippen MR) is 138 cm³/mol. The zero-order chi connectivity index (χ0) is 22.4. The maximum atomic E-state index is 13.3. The van der Waals surface area contributed by atoms with Gasteiger partial charge in [-0.15, -0.1) is 0 Å². The fraction of sp³-hybridized carbons (Fsp3) is 0.259. The number of hydrogen-bond acceptors (Lipinski definition) is 4. The summed E-state index contributed by atoms with van der Waals surface area (Å²) in [7, 11) is 0. The van der Waals surface area contributed by atoms with Crippen LogP contribution in [0.3, 0.4) is 0 Å². The van der Waals surface area contributed by atoms with Crippen molar-refractivity contribution in [1.29, 1.82) is 0 Å². The normalized spacial score (nSPS) is 14.1. The lowest BCUT2D eigenvalue weighted by Crippen LogP contribution is -2.24. The summed E-state index contributed by atoms with van der Waals surface area (Å²) in [5.74, 6) is 0.645. The molecule has 0 spiro atoms. The van der Waals surface area contributed by atoms with Crippen molar-refractivity contribution in [3.8, 4) is 17.0 Å². The van der Waals surface area contributed by atoms with Crippen LogP contribution in [0, 0.1) is 0 Å². The molecule has 6 rings (SSSR count). The summed E-state index contributed by atoms with van der Waals surface area (Å²) in [6, 6.07) is 17.1. The van der Waals surface area contributed by atoms with Gasteiger partial charge in [-0.2, -0.15) is 5.10 Å². The molecule has 0 bridgehead atoms. The third-order valence-corrected chi connectivity index (χ3v) is 6.70. The van der Waals surface area contributed by atoms with E-state index >= 15 is 0 Å². The molecule has 0 aliphatic carbocycles. The van der Waals surface area contributed by atoms with Crippen LogP contribution in [-0.2, 0) is 6.54 Å². The summed E-state index contributed by atoms with van der Waals surface area (Å²) in [6.07, 6.45) is 6.22. The smallest absolute Gasteiger partial charge is 0.266 e. The molecule has 0 radical (unpaired) electrons. The average molecular weight is 475 g/mol. The van der Waals surface area contributed by atoms with Gasteiger partial charge in [0.05, 0.1) is 23.6 Å². The Morgan fingerprint density at radius 3 is 2.56 bits per heavy atom. The second-order valence-corrected chi connectivity index (χ2v) is 8.98. The van der Waals surface area contributed by atoms with E-state index in [1.54, 1.807) is 16.8 Å². The van der Waals surface area contributed by atoms with E-state index in [-0.39, 0.29) is 13.0 Å². The molecule has 1 fully saturated rings. The van der Waals surface area contributed by atoms with E-state index in [2.05, 4.69) is 14.7 Å². The largest absolute Gasteiger partial charge is 0.456 e. The van der Waals surface area contributed by atoms with Gasteiger partial charge in [0, 0.05) is 34.4 Å². The highest BCUT2D eigenvalue weighted by Crippen LogP contribution is 2.27. The van der Waals surface area contributed by atoms with E-state index in [4.69, 9.17) is 16.0 Å². The van der Waals surface area contributed by atoms with Crippen molar-refractivity contribution in [2.45, 2.75) is 26.8 Å². The molecule has 6 nitrogen and oxygen atoms in total. The lowest BCUT2D eigenvalue weighted by molar-refractivity contribution is 0.318. The SMILES string of the molecule is C.O=c1c2cc(-c3ccc(Cl)cc3)oc2ccn1-c1ccc2c(cnn2CCN2CCCC2)c1. The Morgan fingerprint density at radius 1 is 0.971 bits per heavy atom. The van der Waals surface area contributed by atoms with Crippen molar-refractivity contribution in [2.24, 2.45) is 0 Å². The number of benzene rings is 2. The van der Waals surface area contributed by atoms with Crippen LogP contribution in [0.25, 0.3) is 38.9 Å². The standard InChI is InChI=1S/C26H23ClN4O2.CH4/c27-20-5-3-18(4-6-20)25-16-22-24(33-25)9-12-30(26(22)32)21-7-8-23-19(15-21)17-28-31(23)14-13-29-10-1-2-11-29;/h3-9,12,15-17H,1-2,10-11,13-14H2;1H4. The lowest BCUT2D eigenvalue weighted by Gasteiger charge is -2.14. The fourth-order valence-corrected chi connectivity index (χ4v) is 4.77.